The molecule has 2 heterocycles. The molecule has 1 amide bonds. The van der Waals surface area contributed by atoms with Gasteiger partial charge in [0, 0.05) is 19.0 Å². The van der Waals surface area contributed by atoms with Crippen LogP contribution < -0.4 is 5.32 Å². The molecule has 1 aromatic heterocycles. The van der Waals surface area contributed by atoms with Crippen LogP contribution >= 0.6 is 11.3 Å². The first-order valence-corrected chi connectivity index (χ1v) is 9.30. The molecule has 1 atom stereocenters. The Morgan fingerprint density at radius 1 is 1.40 bits per heavy atom. The van der Waals surface area contributed by atoms with E-state index in [1.54, 1.807) is 4.90 Å². The third-order valence-corrected chi connectivity index (χ3v) is 4.93. The van der Waals surface area contributed by atoms with Gasteiger partial charge >= 0.3 is 5.97 Å². The fraction of sp³-hybridized carbons (Fsp3) is 0.579. The molecule has 0 bridgehead atoms. The van der Waals surface area contributed by atoms with Crippen molar-refractivity contribution in [3.05, 3.63) is 15.8 Å². The van der Waals surface area contributed by atoms with E-state index in [1.165, 1.54) is 18.4 Å². The highest BCUT2D eigenvalue weighted by atomic mass is 32.1. The number of carbonyl (C=O) groups excluding carboxylic acids is 2. The molecule has 1 aliphatic rings. The van der Waals surface area contributed by atoms with E-state index in [0.29, 0.717) is 10.6 Å². The van der Waals surface area contributed by atoms with Crippen molar-refractivity contribution in [2.75, 3.05) is 26.0 Å². The first-order valence-electron chi connectivity index (χ1n) is 8.48. The number of nitrogens with one attached hydrogen (secondary N) is 1. The molecule has 1 aliphatic heterocycles. The quantitative estimate of drug-likeness (QED) is 0.662. The number of ether oxygens (including phenoxy) is 1. The van der Waals surface area contributed by atoms with Gasteiger partial charge in [0.2, 0.25) is 5.91 Å². The second-order valence-electron chi connectivity index (χ2n) is 7.30. The van der Waals surface area contributed by atoms with E-state index in [1.807, 2.05) is 33.9 Å². The lowest BCUT2D eigenvalue weighted by molar-refractivity contribution is -0.130. The molecule has 1 unspecified atom stereocenters. The van der Waals surface area contributed by atoms with Crippen LogP contribution in [-0.4, -0.2) is 43.5 Å². The summed E-state index contributed by atoms with van der Waals surface area (Å²) < 4.78 is 4.89. The molecule has 0 aromatic carbocycles. The van der Waals surface area contributed by atoms with Crippen LogP contribution in [0.5, 0.6) is 0 Å². The van der Waals surface area contributed by atoms with Crippen molar-refractivity contribution >= 4 is 28.9 Å². The highest BCUT2D eigenvalue weighted by molar-refractivity contribution is 7.15. The predicted molar refractivity (Wildman–Crippen MR) is 101 cm³/mol. The molecular weight excluding hydrogens is 336 g/mol. The number of hydrogen-bond donors (Lipinski definition) is 1. The summed E-state index contributed by atoms with van der Waals surface area (Å²) in [5.74, 6) is 5.94. The van der Waals surface area contributed by atoms with Crippen LogP contribution in [0.15, 0.2) is 6.07 Å². The third kappa shape index (κ3) is 5.23. The summed E-state index contributed by atoms with van der Waals surface area (Å²) in [6, 6.07) is 1.52. The average molecular weight is 362 g/mol. The zero-order valence-corrected chi connectivity index (χ0v) is 16.4. The zero-order chi connectivity index (χ0) is 18.6. The Morgan fingerprint density at radius 3 is 2.76 bits per heavy atom. The summed E-state index contributed by atoms with van der Waals surface area (Å²) in [5.41, 5.74) is 0.506. The van der Waals surface area contributed by atoms with E-state index in [9.17, 15) is 9.59 Å². The maximum atomic E-state index is 12.5. The summed E-state index contributed by atoms with van der Waals surface area (Å²) in [4.78, 5) is 27.6. The standard InChI is InChI=1S/C19H26N2O3S/c1-19(2,3)10-9-13-12-15(16(25-13)18(23)24-5)20-14-8-6-7-11-21(4)17(14)22/h12,14,20H,6-8,11H2,1-5H3. The van der Waals surface area contributed by atoms with E-state index < -0.39 is 5.97 Å². The summed E-state index contributed by atoms with van der Waals surface area (Å²) in [7, 11) is 3.17. The first-order chi connectivity index (χ1) is 11.7. The van der Waals surface area contributed by atoms with Crippen LogP contribution in [-0.2, 0) is 9.53 Å². The third-order valence-electron chi connectivity index (χ3n) is 3.90. The zero-order valence-electron chi connectivity index (χ0n) is 15.6. The fourth-order valence-corrected chi connectivity index (χ4v) is 3.47. The van der Waals surface area contributed by atoms with Gasteiger partial charge in [0.1, 0.15) is 10.9 Å². The number of hydrogen-bond acceptors (Lipinski definition) is 5. The number of esters is 1. The molecule has 6 heteroatoms. The first kappa shape index (κ1) is 19.3. The number of thiophene rings is 1. The normalized spacial score (nSPS) is 18.2. The molecule has 1 fully saturated rings. The summed E-state index contributed by atoms with van der Waals surface area (Å²) in [6.07, 6.45) is 2.72. The molecule has 136 valence electrons. The molecule has 0 aliphatic carbocycles. The van der Waals surface area contributed by atoms with Crippen LogP contribution in [0.25, 0.3) is 0 Å². The van der Waals surface area contributed by atoms with Crippen molar-refractivity contribution in [3.8, 4) is 11.8 Å². The van der Waals surface area contributed by atoms with Crippen molar-refractivity contribution in [2.24, 2.45) is 5.41 Å². The van der Waals surface area contributed by atoms with Gasteiger partial charge in [-0.05, 0) is 46.1 Å². The molecular formula is C19H26N2O3S. The Bertz CT molecular complexity index is 706. The van der Waals surface area contributed by atoms with Gasteiger partial charge in [-0.15, -0.1) is 11.3 Å². The van der Waals surface area contributed by atoms with Gasteiger partial charge in [-0.3, -0.25) is 4.79 Å². The Morgan fingerprint density at radius 2 is 2.12 bits per heavy atom. The number of likely N-dealkylation sites (N-methyl/N-ethyl adjacent to an activating group) is 1. The Labute approximate surface area is 153 Å². The second-order valence-corrected chi connectivity index (χ2v) is 8.35. The Balaban J connectivity index is 2.31. The van der Waals surface area contributed by atoms with Gasteiger partial charge in [0.05, 0.1) is 17.7 Å². The van der Waals surface area contributed by atoms with Crippen molar-refractivity contribution in [3.63, 3.8) is 0 Å². The minimum Gasteiger partial charge on any atom is -0.465 e. The molecule has 5 nitrogen and oxygen atoms in total. The molecule has 0 radical (unpaired) electrons. The average Bonchev–Trinajstić information content (AvgIpc) is 2.89. The Hall–Kier alpha value is -2.00. The van der Waals surface area contributed by atoms with Gasteiger partial charge in [0.25, 0.3) is 0 Å². The molecule has 1 aromatic rings. The number of nitrogens with zero attached hydrogens (tertiary/aromatic N) is 1. The number of amides is 1. The van der Waals surface area contributed by atoms with Crippen molar-refractivity contribution in [1.29, 1.82) is 0 Å². The largest absolute Gasteiger partial charge is 0.465 e. The Kier molecular flexibility index (Phi) is 6.12. The highest BCUT2D eigenvalue weighted by Gasteiger charge is 2.27. The van der Waals surface area contributed by atoms with Crippen LogP contribution in [0.2, 0.25) is 0 Å². The number of carbonyl (C=O) groups is 2. The maximum Gasteiger partial charge on any atom is 0.350 e. The highest BCUT2D eigenvalue weighted by Crippen LogP contribution is 2.30. The topological polar surface area (TPSA) is 58.6 Å². The lowest BCUT2D eigenvalue weighted by Crippen LogP contribution is -2.39. The van der Waals surface area contributed by atoms with Crippen LogP contribution in [0.3, 0.4) is 0 Å². The number of methoxy groups -OCH3 is 1. The summed E-state index contributed by atoms with van der Waals surface area (Å²) in [5, 5.41) is 3.25. The summed E-state index contributed by atoms with van der Waals surface area (Å²) in [6.45, 7) is 6.88. The molecule has 0 spiro atoms. The molecule has 0 saturated carbocycles. The van der Waals surface area contributed by atoms with Gasteiger partial charge in [-0.2, -0.15) is 0 Å². The van der Waals surface area contributed by atoms with Crippen molar-refractivity contribution in [2.45, 2.75) is 46.1 Å². The monoisotopic (exact) mass is 362 g/mol. The minimum atomic E-state index is -0.411. The summed E-state index contributed by atoms with van der Waals surface area (Å²) >= 11 is 1.29. The smallest absolute Gasteiger partial charge is 0.350 e. The van der Waals surface area contributed by atoms with E-state index in [2.05, 4.69) is 17.2 Å². The SMILES string of the molecule is COC(=O)c1sc(C#CC(C)(C)C)cc1NC1CCCCN(C)C1=O. The number of anilines is 1. The van der Waals surface area contributed by atoms with Gasteiger partial charge in [0.15, 0.2) is 0 Å². The van der Waals surface area contributed by atoms with Crippen molar-refractivity contribution < 1.29 is 14.3 Å². The maximum absolute atomic E-state index is 12.5. The van der Waals surface area contributed by atoms with Crippen LogP contribution in [0, 0.1) is 17.3 Å². The van der Waals surface area contributed by atoms with E-state index in [0.717, 1.165) is 30.7 Å². The van der Waals surface area contributed by atoms with E-state index in [4.69, 9.17) is 4.74 Å². The fourth-order valence-electron chi connectivity index (χ4n) is 2.57. The molecule has 1 N–H and O–H groups in total. The lowest BCUT2D eigenvalue weighted by Gasteiger charge is -2.21. The molecule has 25 heavy (non-hydrogen) atoms. The number of rotatable bonds is 3. The minimum absolute atomic E-state index is 0.0573. The second kappa shape index (κ2) is 7.92. The van der Waals surface area contributed by atoms with E-state index in [-0.39, 0.29) is 17.4 Å². The van der Waals surface area contributed by atoms with Crippen LogP contribution in [0.1, 0.15) is 54.6 Å². The lowest BCUT2D eigenvalue weighted by atomic mass is 9.98. The molecule has 1 saturated heterocycles. The van der Waals surface area contributed by atoms with Gasteiger partial charge in [-0.1, -0.05) is 11.8 Å². The van der Waals surface area contributed by atoms with Crippen LogP contribution in [0.4, 0.5) is 5.69 Å². The van der Waals surface area contributed by atoms with Gasteiger partial charge < -0.3 is 15.0 Å². The van der Waals surface area contributed by atoms with Gasteiger partial charge in [-0.25, -0.2) is 4.79 Å². The van der Waals surface area contributed by atoms with Crippen molar-refractivity contribution in [1.82, 2.24) is 4.90 Å². The number of likely N-dealkylation sites (tertiary alicyclic amines) is 1. The molecule has 2 rings (SSSR count). The predicted octanol–water partition coefficient (Wildman–Crippen LogP) is 3.36. The van der Waals surface area contributed by atoms with E-state index >= 15 is 0 Å².